The minimum Gasteiger partial charge on any atom is -0.300 e. The average molecular weight is 568 g/mol. The predicted molar refractivity (Wildman–Crippen MR) is 172 cm³/mol. The van der Waals surface area contributed by atoms with Crippen LogP contribution < -0.4 is 11.2 Å². The minimum atomic E-state index is -0.414. The zero-order chi connectivity index (χ0) is 31.5. The normalized spacial score (nSPS) is 12.3. The average Bonchev–Trinajstić information content (AvgIpc) is 3.15. The molecule has 1 aliphatic carbocycles. The predicted octanol–water partition coefficient (Wildman–Crippen LogP) is 8.27. The zero-order valence-corrected chi connectivity index (χ0v) is 26.8. The first-order chi connectivity index (χ1) is 19.5. The standard InChI is InChI=1S/C27H32FN3O2.C3H6O.2C2H6/c1-5-6-15-30-25(29-20(3)16-22-10-7-9-19(2)13-14-22)21(4)26(32)31(27(30)33)18-23-11-8-12-24(28)17-23;1-3(2)4;2*1-2/h8-14,17H,5-7,15-16,18H2,1-4H3;1-2H3;2*1-2H3/b29-20+;;;. The van der Waals surface area contributed by atoms with Crippen LogP contribution in [0.15, 0.2) is 74.3 Å². The second-order valence-corrected chi connectivity index (χ2v) is 9.49. The van der Waals surface area contributed by atoms with Crippen molar-refractivity contribution in [2.45, 2.75) is 108 Å². The van der Waals surface area contributed by atoms with Crippen LogP contribution in [0.2, 0.25) is 0 Å². The lowest BCUT2D eigenvalue weighted by Gasteiger charge is -2.16. The fourth-order valence-corrected chi connectivity index (χ4v) is 3.86. The van der Waals surface area contributed by atoms with E-state index in [0.717, 1.165) is 30.5 Å². The molecule has 0 bridgehead atoms. The number of hydrogen-bond acceptors (Lipinski definition) is 4. The highest BCUT2D eigenvalue weighted by molar-refractivity contribution is 5.87. The van der Waals surface area contributed by atoms with Crippen LogP contribution in [0.1, 0.15) is 99.1 Å². The van der Waals surface area contributed by atoms with Gasteiger partial charge in [-0.05, 0) is 70.7 Å². The molecule has 0 radical (unpaired) electrons. The van der Waals surface area contributed by atoms with Gasteiger partial charge in [0.2, 0.25) is 0 Å². The van der Waals surface area contributed by atoms with Crippen LogP contribution in [0, 0.1) is 12.7 Å². The van der Waals surface area contributed by atoms with E-state index >= 15 is 0 Å². The molecule has 0 aliphatic heterocycles. The number of aromatic nitrogens is 2. The molecule has 7 heteroatoms. The molecule has 0 spiro atoms. The number of carbonyl (C=O) groups is 1. The topological polar surface area (TPSA) is 73.4 Å². The zero-order valence-electron chi connectivity index (χ0n) is 26.8. The molecule has 0 atom stereocenters. The van der Waals surface area contributed by atoms with Crippen molar-refractivity contribution in [3.8, 4) is 0 Å². The van der Waals surface area contributed by atoms with Gasteiger partial charge in [0.05, 0.1) is 12.1 Å². The molecular formula is C34H50FN3O3. The molecule has 0 amide bonds. The Morgan fingerprint density at radius 1 is 0.976 bits per heavy atom. The largest absolute Gasteiger partial charge is 0.332 e. The Balaban J connectivity index is 0.00000180. The maximum atomic E-state index is 13.6. The lowest BCUT2D eigenvalue weighted by atomic mass is 10.1. The molecule has 0 saturated heterocycles. The number of carbonyl (C=O) groups excluding carboxylic acids is 1. The van der Waals surface area contributed by atoms with Crippen LogP contribution in [0.5, 0.6) is 0 Å². The summed E-state index contributed by atoms with van der Waals surface area (Å²) in [5.74, 6) is 0.187. The first-order valence-electron chi connectivity index (χ1n) is 14.7. The number of unbranched alkanes of at least 4 members (excludes halogenated alkanes) is 1. The Morgan fingerprint density at radius 2 is 1.61 bits per heavy atom. The quantitative estimate of drug-likeness (QED) is 0.301. The maximum Gasteiger partial charge on any atom is 0.332 e. The van der Waals surface area contributed by atoms with Crippen LogP contribution in [-0.4, -0.2) is 20.6 Å². The number of nitrogens with zero attached hydrogens (tertiary/aromatic N) is 3. The molecule has 41 heavy (non-hydrogen) atoms. The highest BCUT2D eigenvalue weighted by Gasteiger charge is 2.17. The van der Waals surface area contributed by atoms with Crippen molar-refractivity contribution in [3.63, 3.8) is 0 Å². The summed E-state index contributed by atoms with van der Waals surface area (Å²) in [4.78, 5) is 40.7. The number of hydrogen-bond donors (Lipinski definition) is 0. The number of rotatable bonds is 8. The number of benzene rings is 1. The van der Waals surface area contributed by atoms with Gasteiger partial charge in [0, 0.05) is 18.7 Å². The molecule has 0 fully saturated rings. The van der Waals surface area contributed by atoms with Crippen molar-refractivity contribution < 1.29 is 9.18 Å². The minimum absolute atomic E-state index is 0.0232. The van der Waals surface area contributed by atoms with Crippen LogP contribution in [0.25, 0.3) is 0 Å². The van der Waals surface area contributed by atoms with Gasteiger partial charge in [-0.25, -0.2) is 14.2 Å². The van der Waals surface area contributed by atoms with Crippen LogP contribution >= 0.6 is 0 Å². The van der Waals surface area contributed by atoms with E-state index in [1.54, 1.807) is 23.6 Å². The van der Waals surface area contributed by atoms with Crippen molar-refractivity contribution in [1.82, 2.24) is 9.13 Å². The van der Waals surface area contributed by atoms with Crippen molar-refractivity contribution in [2.24, 2.45) is 4.99 Å². The third kappa shape index (κ3) is 13.1. The Bertz CT molecular complexity index is 1350. The smallest absolute Gasteiger partial charge is 0.300 e. The molecule has 0 saturated carbocycles. The van der Waals surface area contributed by atoms with Gasteiger partial charge < -0.3 is 4.79 Å². The molecule has 1 aliphatic rings. The number of ketones is 1. The Hall–Kier alpha value is -3.61. The van der Waals surface area contributed by atoms with Gasteiger partial charge in [0.1, 0.15) is 17.4 Å². The third-order valence-corrected chi connectivity index (χ3v) is 5.72. The summed E-state index contributed by atoms with van der Waals surface area (Å²) in [7, 11) is 0. The lowest BCUT2D eigenvalue weighted by Crippen LogP contribution is -2.41. The summed E-state index contributed by atoms with van der Waals surface area (Å²) < 4.78 is 16.4. The highest BCUT2D eigenvalue weighted by atomic mass is 19.1. The molecular weight excluding hydrogens is 517 g/mol. The fraction of sp³-hybridized carbons (Fsp3) is 0.471. The number of Topliss-reactive ketones (excluding diaryl/α,β-unsaturated/α-hetero) is 1. The molecule has 226 valence electrons. The van der Waals surface area contributed by atoms with Gasteiger partial charge in [0.25, 0.3) is 5.56 Å². The van der Waals surface area contributed by atoms with E-state index in [2.05, 4.69) is 38.2 Å². The second kappa shape index (κ2) is 20.3. The van der Waals surface area contributed by atoms with E-state index in [1.807, 2.05) is 34.6 Å². The van der Waals surface area contributed by atoms with Gasteiger partial charge in [-0.3, -0.25) is 13.9 Å². The molecule has 0 N–H and O–H groups in total. The third-order valence-electron chi connectivity index (χ3n) is 5.72. The van der Waals surface area contributed by atoms with Gasteiger partial charge in [-0.1, -0.05) is 83.0 Å². The first kappa shape index (κ1) is 37.4. The Kier molecular flexibility index (Phi) is 18.5. The van der Waals surface area contributed by atoms with Crippen molar-refractivity contribution >= 4 is 17.3 Å². The van der Waals surface area contributed by atoms with Crippen molar-refractivity contribution in [1.29, 1.82) is 0 Å². The Morgan fingerprint density at radius 3 is 2.20 bits per heavy atom. The van der Waals surface area contributed by atoms with Crippen molar-refractivity contribution in [2.75, 3.05) is 0 Å². The number of aliphatic imine (C=N–C) groups is 1. The van der Waals surface area contributed by atoms with Gasteiger partial charge >= 0.3 is 5.69 Å². The molecule has 1 aromatic carbocycles. The summed E-state index contributed by atoms with van der Waals surface area (Å²) in [5, 5.41) is 0. The van der Waals surface area contributed by atoms with E-state index in [-0.39, 0.29) is 12.3 Å². The summed E-state index contributed by atoms with van der Waals surface area (Å²) in [6.45, 7) is 19.3. The fourth-order valence-electron chi connectivity index (χ4n) is 3.86. The summed E-state index contributed by atoms with van der Waals surface area (Å²) in [6.07, 6.45) is 11.7. The molecule has 0 unspecified atom stereocenters. The van der Waals surface area contributed by atoms with E-state index in [4.69, 9.17) is 4.99 Å². The van der Waals surface area contributed by atoms with E-state index in [0.29, 0.717) is 29.9 Å². The first-order valence-corrected chi connectivity index (χ1v) is 14.7. The lowest BCUT2D eigenvalue weighted by molar-refractivity contribution is -0.115. The molecule has 1 aromatic heterocycles. The van der Waals surface area contributed by atoms with Gasteiger partial charge in [-0.15, -0.1) is 0 Å². The van der Waals surface area contributed by atoms with E-state index in [9.17, 15) is 18.8 Å². The van der Waals surface area contributed by atoms with Crippen molar-refractivity contribution in [3.05, 3.63) is 97.5 Å². The summed E-state index contributed by atoms with van der Waals surface area (Å²) in [5.41, 5.74) is 3.40. The Labute approximate surface area is 246 Å². The second-order valence-electron chi connectivity index (χ2n) is 9.49. The molecule has 3 rings (SSSR count). The van der Waals surface area contributed by atoms with Crippen LogP contribution in [0.4, 0.5) is 10.2 Å². The highest BCUT2D eigenvalue weighted by Crippen LogP contribution is 2.19. The molecule has 1 heterocycles. The van der Waals surface area contributed by atoms with Gasteiger partial charge in [-0.2, -0.15) is 0 Å². The SMILES string of the molecule is CC.CC.CC(C)=O.CCCCn1c(/N=C(\C)CC2=CCC=C(C)C=C2)c(C)c(=O)n(Cc2cccc(F)c2)c1=O. The summed E-state index contributed by atoms with van der Waals surface area (Å²) >= 11 is 0. The van der Waals surface area contributed by atoms with E-state index in [1.165, 1.54) is 36.1 Å². The van der Waals surface area contributed by atoms with Crippen LogP contribution in [0.3, 0.4) is 0 Å². The number of allylic oxidation sites excluding steroid dienone is 6. The molecule has 6 nitrogen and oxygen atoms in total. The van der Waals surface area contributed by atoms with Crippen LogP contribution in [-0.2, 0) is 17.9 Å². The monoisotopic (exact) mass is 567 g/mol. The maximum absolute atomic E-state index is 13.6. The molecule has 2 aromatic rings. The summed E-state index contributed by atoms with van der Waals surface area (Å²) in [6, 6.07) is 5.97. The van der Waals surface area contributed by atoms with Gasteiger partial charge in [0.15, 0.2) is 0 Å². The van der Waals surface area contributed by atoms with E-state index < -0.39 is 17.1 Å². The number of halogens is 1.